The van der Waals surface area contributed by atoms with Crippen molar-refractivity contribution < 1.29 is 19.0 Å². The zero-order chi connectivity index (χ0) is 15.0. The fourth-order valence-electron chi connectivity index (χ4n) is 3.11. The van der Waals surface area contributed by atoms with Crippen molar-refractivity contribution in [2.45, 2.75) is 63.1 Å². The Balaban J connectivity index is 1.85. The molecule has 0 radical (unpaired) electrons. The third-order valence-corrected chi connectivity index (χ3v) is 4.66. The molecule has 3 nitrogen and oxygen atoms in total. The Hall–Kier alpha value is -1.58. The fraction of sp³-hybridized carbons (Fsp3) is 0.588. The highest BCUT2D eigenvalue weighted by atomic mass is 19.1. The molecule has 2 fully saturated rings. The molecule has 0 aromatic heterocycles. The van der Waals surface area contributed by atoms with Gasteiger partial charge in [-0.3, -0.25) is 0 Å². The predicted octanol–water partition coefficient (Wildman–Crippen LogP) is 3.99. The Morgan fingerprint density at radius 2 is 1.95 bits per heavy atom. The molecule has 1 aromatic rings. The lowest BCUT2D eigenvalue weighted by molar-refractivity contribution is -0.147. The zero-order valence-corrected chi connectivity index (χ0v) is 12.3. The Morgan fingerprint density at radius 1 is 1.29 bits per heavy atom. The van der Waals surface area contributed by atoms with Crippen LogP contribution in [0.3, 0.4) is 0 Å². The smallest absolute Gasteiger partial charge is 0.348 e. The summed E-state index contributed by atoms with van der Waals surface area (Å²) in [6, 6.07) is 5.95. The van der Waals surface area contributed by atoms with Crippen LogP contribution in [0, 0.1) is 6.92 Å². The number of aliphatic carboxylic acids is 1. The topological polar surface area (TPSA) is 46.5 Å². The van der Waals surface area contributed by atoms with Gasteiger partial charge in [0, 0.05) is 12.8 Å². The van der Waals surface area contributed by atoms with Gasteiger partial charge in [0.1, 0.15) is 11.9 Å². The first-order valence-corrected chi connectivity index (χ1v) is 7.67. The summed E-state index contributed by atoms with van der Waals surface area (Å²) < 4.78 is 19.2. The summed E-state index contributed by atoms with van der Waals surface area (Å²) in [5.41, 5.74) is 1.06. The van der Waals surface area contributed by atoms with Gasteiger partial charge in [0.05, 0.1) is 0 Å². The average molecular weight is 292 g/mol. The number of halogens is 1. The molecule has 114 valence electrons. The lowest BCUT2D eigenvalue weighted by Gasteiger charge is -2.27. The quantitative estimate of drug-likeness (QED) is 0.912. The summed E-state index contributed by atoms with van der Waals surface area (Å²) >= 11 is 0. The minimum atomic E-state index is -1.03. The average Bonchev–Trinajstić information content (AvgIpc) is 3.21. The summed E-state index contributed by atoms with van der Waals surface area (Å²) in [5, 5.41) is 9.30. The van der Waals surface area contributed by atoms with Crippen LogP contribution in [0.25, 0.3) is 0 Å². The molecule has 21 heavy (non-hydrogen) atoms. The summed E-state index contributed by atoms with van der Waals surface area (Å²) in [5.74, 6) is 0.0665. The number of hydrogen-bond donors (Lipinski definition) is 1. The molecule has 1 N–H and O–H groups in total. The van der Waals surface area contributed by atoms with E-state index in [4.69, 9.17) is 4.74 Å². The molecule has 0 aliphatic heterocycles. The van der Waals surface area contributed by atoms with Gasteiger partial charge < -0.3 is 9.84 Å². The van der Waals surface area contributed by atoms with Gasteiger partial charge >= 0.3 is 5.97 Å². The highest BCUT2D eigenvalue weighted by molar-refractivity contribution is 5.81. The first kappa shape index (κ1) is 14.4. The van der Waals surface area contributed by atoms with Crippen molar-refractivity contribution >= 4 is 5.97 Å². The molecule has 3 rings (SSSR count). The minimum Gasteiger partial charge on any atom is -0.478 e. The van der Waals surface area contributed by atoms with E-state index in [0.29, 0.717) is 31.4 Å². The largest absolute Gasteiger partial charge is 0.478 e. The van der Waals surface area contributed by atoms with Gasteiger partial charge in [0.25, 0.3) is 0 Å². The van der Waals surface area contributed by atoms with Crippen molar-refractivity contribution in [2.24, 2.45) is 0 Å². The highest BCUT2D eigenvalue weighted by Crippen LogP contribution is 2.45. The molecule has 0 heterocycles. The van der Waals surface area contributed by atoms with Crippen molar-refractivity contribution in [3.63, 3.8) is 0 Å². The number of ether oxygens (including phenoxy) is 1. The molecular weight excluding hydrogens is 271 g/mol. The number of aryl methyl sites for hydroxylation is 1. The minimum absolute atomic E-state index is 0.275. The molecule has 0 atom stereocenters. The first-order chi connectivity index (χ1) is 10.00. The van der Waals surface area contributed by atoms with Crippen molar-refractivity contribution in [3.8, 4) is 5.75 Å². The Kier molecular flexibility index (Phi) is 3.64. The van der Waals surface area contributed by atoms with E-state index in [2.05, 4.69) is 0 Å². The van der Waals surface area contributed by atoms with Gasteiger partial charge in [-0.15, -0.1) is 0 Å². The zero-order valence-electron chi connectivity index (χ0n) is 12.3. The monoisotopic (exact) mass is 292 g/mol. The number of carboxylic acids is 1. The second-order valence-corrected chi connectivity index (χ2v) is 6.39. The molecule has 0 amide bonds. The second-order valence-electron chi connectivity index (χ2n) is 6.39. The molecule has 1 aromatic carbocycles. The SMILES string of the molecule is Cc1ccc([C@H]2CC[C@H](F)CC2)c(OC2(C(=O)O)CC2)c1. The first-order valence-electron chi connectivity index (χ1n) is 7.67. The number of rotatable bonds is 4. The highest BCUT2D eigenvalue weighted by Gasteiger charge is 2.53. The fourth-order valence-corrected chi connectivity index (χ4v) is 3.11. The van der Waals surface area contributed by atoms with E-state index < -0.39 is 17.7 Å². The van der Waals surface area contributed by atoms with Crippen molar-refractivity contribution in [1.29, 1.82) is 0 Å². The van der Waals surface area contributed by atoms with E-state index in [0.717, 1.165) is 24.0 Å². The summed E-state index contributed by atoms with van der Waals surface area (Å²) in [6.07, 6.45) is 3.22. The van der Waals surface area contributed by atoms with E-state index in [1.165, 1.54) is 0 Å². The van der Waals surface area contributed by atoms with Crippen LogP contribution < -0.4 is 4.74 Å². The summed E-state index contributed by atoms with van der Waals surface area (Å²) in [6.45, 7) is 1.97. The van der Waals surface area contributed by atoms with Crippen LogP contribution in [0.4, 0.5) is 4.39 Å². The predicted molar refractivity (Wildman–Crippen MR) is 77.5 cm³/mol. The lowest BCUT2D eigenvalue weighted by atomic mass is 9.82. The maximum atomic E-state index is 13.3. The third-order valence-electron chi connectivity index (χ3n) is 4.66. The van der Waals surface area contributed by atoms with E-state index in [1.807, 2.05) is 25.1 Å². The van der Waals surface area contributed by atoms with Crippen LogP contribution in [0.1, 0.15) is 55.6 Å². The van der Waals surface area contributed by atoms with Gasteiger partial charge in [-0.2, -0.15) is 0 Å². The molecule has 0 saturated heterocycles. The number of alkyl halides is 1. The van der Waals surface area contributed by atoms with E-state index in [9.17, 15) is 14.3 Å². The second kappa shape index (κ2) is 5.32. The van der Waals surface area contributed by atoms with E-state index >= 15 is 0 Å². The van der Waals surface area contributed by atoms with Crippen molar-refractivity contribution in [3.05, 3.63) is 29.3 Å². The van der Waals surface area contributed by atoms with Crippen LogP contribution in [0.5, 0.6) is 5.75 Å². The standard InChI is InChI=1S/C17H21FO3/c1-11-2-7-14(12-3-5-13(18)6-4-12)15(10-11)21-17(8-9-17)16(19)20/h2,7,10,12-13H,3-6,8-9H2,1H3,(H,19,20)/t12-,13-. The molecule has 2 saturated carbocycles. The Bertz CT molecular complexity index is 543. The summed E-state index contributed by atoms with van der Waals surface area (Å²) in [7, 11) is 0. The summed E-state index contributed by atoms with van der Waals surface area (Å²) in [4.78, 5) is 11.3. The van der Waals surface area contributed by atoms with Crippen LogP contribution in [0.2, 0.25) is 0 Å². The van der Waals surface area contributed by atoms with Gasteiger partial charge in [0.2, 0.25) is 5.60 Å². The van der Waals surface area contributed by atoms with Crippen LogP contribution in [-0.4, -0.2) is 22.8 Å². The van der Waals surface area contributed by atoms with E-state index in [1.54, 1.807) is 0 Å². The molecule has 4 heteroatoms. The van der Waals surface area contributed by atoms with Crippen LogP contribution >= 0.6 is 0 Å². The molecule has 0 spiro atoms. The Morgan fingerprint density at radius 3 is 2.52 bits per heavy atom. The molecule has 0 bridgehead atoms. The number of carboxylic acid groups (broad SMARTS) is 1. The van der Waals surface area contributed by atoms with Crippen molar-refractivity contribution in [1.82, 2.24) is 0 Å². The third kappa shape index (κ3) is 2.89. The van der Waals surface area contributed by atoms with Crippen LogP contribution in [0.15, 0.2) is 18.2 Å². The maximum absolute atomic E-state index is 13.3. The molecule has 0 unspecified atom stereocenters. The van der Waals surface area contributed by atoms with Gasteiger partial charge in [-0.25, -0.2) is 9.18 Å². The molecule has 2 aliphatic carbocycles. The number of carbonyl (C=O) groups is 1. The van der Waals surface area contributed by atoms with E-state index in [-0.39, 0.29) is 5.92 Å². The maximum Gasteiger partial charge on any atom is 0.348 e. The molecular formula is C17H21FO3. The number of benzene rings is 1. The van der Waals surface area contributed by atoms with Gasteiger partial charge in [-0.05, 0) is 55.7 Å². The number of hydrogen-bond acceptors (Lipinski definition) is 2. The van der Waals surface area contributed by atoms with Gasteiger partial charge in [0.15, 0.2) is 0 Å². The van der Waals surface area contributed by atoms with Crippen LogP contribution in [-0.2, 0) is 4.79 Å². The van der Waals surface area contributed by atoms with Gasteiger partial charge in [-0.1, -0.05) is 12.1 Å². The molecule has 2 aliphatic rings. The Labute approximate surface area is 124 Å². The van der Waals surface area contributed by atoms with Crippen molar-refractivity contribution in [2.75, 3.05) is 0 Å². The lowest BCUT2D eigenvalue weighted by Crippen LogP contribution is -2.29. The normalized spacial score (nSPS) is 27.1.